The van der Waals surface area contributed by atoms with Crippen LogP contribution in [-0.4, -0.2) is 12.6 Å². The molecule has 20 heavy (non-hydrogen) atoms. The van der Waals surface area contributed by atoms with Crippen molar-refractivity contribution in [2.24, 2.45) is 11.8 Å². The van der Waals surface area contributed by atoms with Crippen molar-refractivity contribution in [1.82, 2.24) is 5.32 Å². The molecule has 112 valence electrons. The molecular weight excluding hydrogens is 266 g/mol. The van der Waals surface area contributed by atoms with Gasteiger partial charge in [0.1, 0.15) is 0 Å². The molecule has 0 heterocycles. The van der Waals surface area contributed by atoms with Gasteiger partial charge in [-0.15, -0.1) is 0 Å². The van der Waals surface area contributed by atoms with Crippen LogP contribution in [0.5, 0.6) is 0 Å². The number of hydrogen-bond donors (Lipinski definition) is 1. The molecule has 0 bridgehead atoms. The SMILES string of the molecule is CCNC(Cc1ccccc1Cl)C1CCCCC1CC. The molecule has 3 atom stereocenters. The average molecular weight is 294 g/mol. The standard InChI is InChI=1S/C18H28ClN/c1-3-14-9-5-7-11-16(14)18(20-4-2)13-15-10-6-8-12-17(15)19/h6,8,10,12,14,16,18,20H,3-5,7,9,11,13H2,1-2H3. The second kappa shape index (κ2) is 8.05. The van der Waals surface area contributed by atoms with Gasteiger partial charge in [0.05, 0.1) is 0 Å². The molecular formula is C18H28ClN. The number of likely N-dealkylation sites (N-methyl/N-ethyl adjacent to an activating group) is 1. The Kier molecular flexibility index (Phi) is 6.38. The van der Waals surface area contributed by atoms with Crippen LogP contribution in [-0.2, 0) is 6.42 Å². The van der Waals surface area contributed by atoms with Crippen LogP contribution < -0.4 is 5.32 Å². The third-order valence-corrected chi connectivity index (χ3v) is 5.24. The Morgan fingerprint density at radius 1 is 1.20 bits per heavy atom. The van der Waals surface area contributed by atoms with Crippen molar-refractivity contribution in [2.75, 3.05) is 6.54 Å². The fraction of sp³-hybridized carbons (Fsp3) is 0.667. The first-order chi connectivity index (χ1) is 9.76. The van der Waals surface area contributed by atoms with E-state index in [0.717, 1.165) is 29.8 Å². The zero-order chi connectivity index (χ0) is 14.4. The van der Waals surface area contributed by atoms with Crippen LogP contribution in [0.1, 0.15) is 51.5 Å². The van der Waals surface area contributed by atoms with Crippen molar-refractivity contribution in [3.05, 3.63) is 34.9 Å². The average Bonchev–Trinajstić information content (AvgIpc) is 2.49. The number of benzene rings is 1. The highest BCUT2D eigenvalue weighted by Crippen LogP contribution is 2.36. The summed E-state index contributed by atoms with van der Waals surface area (Å²) in [4.78, 5) is 0. The van der Waals surface area contributed by atoms with E-state index < -0.39 is 0 Å². The lowest BCUT2D eigenvalue weighted by Crippen LogP contribution is -2.42. The molecule has 1 saturated carbocycles. The van der Waals surface area contributed by atoms with E-state index >= 15 is 0 Å². The topological polar surface area (TPSA) is 12.0 Å². The minimum Gasteiger partial charge on any atom is -0.314 e. The van der Waals surface area contributed by atoms with Crippen molar-refractivity contribution in [3.63, 3.8) is 0 Å². The molecule has 0 amide bonds. The van der Waals surface area contributed by atoms with Gasteiger partial charge in [0, 0.05) is 11.1 Å². The minimum atomic E-state index is 0.574. The second-order valence-corrected chi connectivity index (χ2v) is 6.48. The van der Waals surface area contributed by atoms with Crippen molar-refractivity contribution < 1.29 is 0 Å². The summed E-state index contributed by atoms with van der Waals surface area (Å²) < 4.78 is 0. The van der Waals surface area contributed by atoms with E-state index in [-0.39, 0.29) is 0 Å². The summed E-state index contributed by atoms with van der Waals surface area (Å²) in [7, 11) is 0. The van der Waals surface area contributed by atoms with Crippen LogP contribution in [0.15, 0.2) is 24.3 Å². The van der Waals surface area contributed by atoms with Crippen molar-refractivity contribution >= 4 is 11.6 Å². The fourth-order valence-corrected chi connectivity index (χ4v) is 4.02. The van der Waals surface area contributed by atoms with E-state index in [1.54, 1.807) is 0 Å². The molecule has 0 spiro atoms. The van der Waals surface area contributed by atoms with Gasteiger partial charge in [-0.3, -0.25) is 0 Å². The normalized spacial score (nSPS) is 24.6. The predicted molar refractivity (Wildman–Crippen MR) is 88.4 cm³/mol. The zero-order valence-corrected chi connectivity index (χ0v) is 13.6. The largest absolute Gasteiger partial charge is 0.314 e. The molecule has 1 fully saturated rings. The Morgan fingerprint density at radius 2 is 1.95 bits per heavy atom. The number of rotatable bonds is 6. The summed E-state index contributed by atoms with van der Waals surface area (Å²) in [6.45, 7) is 5.60. The van der Waals surface area contributed by atoms with Gasteiger partial charge in [-0.05, 0) is 42.9 Å². The van der Waals surface area contributed by atoms with Crippen molar-refractivity contribution in [1.29, 1.82) is 0 Å². The molecule has 0 aromatic heterocycles. The smallest absolute Gasteiger partial charge is 0.0438 e. The highest BCUT2D eigenvalue weighted by molar-refractivity contribution is 6.31. The summed E-state index contributed by atoms with van der Waals surface area (Å²) in [5.41, 5.74) is 1.29. The van der Waals surface area contributed by atoms with E-state index in [2.05, 4.69) is 31.3 Å². The second-order valence-electron chi connectivity index (χ2n) is 6.08. The fourth-order valence-electron chi connectivity index (χ4n) is 3.81. The van der Waals surface area contributed by atoms with Gasteiger partial charge in [0.25, 0.3) is 0 Å². The minimum absolute atomic E-state index is 0.574. The van der Waals surface area contributed by atoms with Crippen molar-refractivity contribution in [2.45, 2.75) is 58.4 Å². The molecule has 1 aliphatic rings. The maximum Gasteiger partial charge on any atom is 0.0438 e. The van der Waals surface area contributed by atoms with Crippen LogP contribution in [0.3, 0.4) is 0 Å². The van der Waals surface area contributed by atoms with Gasteiger partial charge in [-0.1, -0.05) is 69.3 Å². The predicted octanol–water partition coefficient (Wildman–Crippen LogP) is 5.08. The molecule has 0 radical (unpaired) electrons. The van der Waals surface area contributed by atoms with E-state index in [0.29, 0.717) is 6.04 Å². The van der Waals surface area contributed by atoms with Crippen molar-refractivity contribution in [3.8, 4) is 0 Å². The van der Waals surface area contributed by atoms with Crippen LogP contribution >= 0.6 is 11.6 Å². The van der Waals surface area contributed by atoms with Crippen LogP contribution in [0, 0.1) is 11.8 Å². The van der Waals surface area contributed by atoms with E-state index in [1.165, 1.54) is 37.7 Å². The maximum absolute atomic E-state index is 6.35. The summed E-state index contributed by atoms with van der Waals surface area (Å²) >= 11 is 6.35. The monoisotopic (exact) mass is 293 g/mol. The summed E-state index contributed by atoms with van der Waals surface area (Å²) in [5, 5.41) is 4.65. The highest BCUT2D eigenvalue weighted by atomic mass is 35.5. The van der Waals surface area contributed by atoms with Gasteiger partial charge in [0.2, 0.25) is 0 Å². The lowest BCUT2D eigenvalue weighted by atomic mass is 9.72. The molecule has 1 aromatic rings. The number of hydrogen-bond acceptors (Lipinski definition) is 1. The van der Waals surface area contributed by atoms with E-state index in [9.17, 15) is 0 Å². The van der Waals surface area contributed by atoms with Crippen LogP contribution in [0.2, 0.25) is 5.02 Å². The van der Waals surface area contributed by atoms with Gasteiger partial charge >= 0.3 is 0 Å². The Labute approximate surface area is 129 Å². The molecule has 1 aromatic carbocycles. The molecule has 0 saturated heterocycles. The maximum atomic E-state index is 6.35. The first kappa shape index (κ1) is 15.9. The summed E-state index contributed by atoms with van der Waals surface area (Å²) in [5.74, 6) is 1.69. The third-order valence-electron chi connectivity index (χ3n) is 4.87. The number of nitrogens with one attached hydrogen (secondary N) is 1. The molecule has 1 N–H and O–H groups in total. The van der Waals surface area contributed by atoms with E-state index in [4.69, 9.17) is 11.6 Å². The zero-order valence-electron chi connectivity index (χ0n) is 12.9. The Hall–Kier alpha value is -0.530. The Morgan fingerprint density at radius 3 is 2.65 bits per heavy atom. The lowest BCUT2D eigenvalue weighted by molar-refractivity contribution is 0.175. The van der Waals surface area contributed by atoms with Crippen LogP contribution in [0.4, 0.5) is 0 Å². The molecule has 1 nitrogen and oxygen atoms in total. The van der Waals surface area contributed by atoms with E-state index in [1.807, 2.05) is 12.1 Å². The van der Waals surface area contributed by atoms with Gasteiger partial charge < -0.3 is 5.32 Å². The molecule has 3 unspecified atom stereocenters. The third kappa shape index (κ3) is 3.99. The molecule has 2 rings (SSSR count). The molecule has 2 heteroatoms. The summed E-state index contributed by atoms with van der Waals surface area (Å²) in [6.07, 6.45) is 7.97. The summed E-state index contributed by atoms with van der Waals surface area (Å²) in [6, 6.07) is 8.88. The van der Waals surface area contributed by atoms with Crippen LogP contribution in [0.25, 0.3) is 0 Å². The Balaban J connectivity index is 2.11. The van der Waals surface area contributed by atoms with Gasteiger partial charge in [0.15, 0.2) is 0 Å². The quantitative estimate of drug-likeness (QED) is 0.771. The lowest BCUT2D eigenvalue weighted by Gasteiger charge is -2.37. The first-order valence-corrected chi connectivity index (χ1v) is 8.60. The Bertz CT molecular complexity index is 404. The number of halogens is 1. The highest BCUT2D eigenvalue weighted by Gasteiger charge is 2.30. The van der Waals surface area contributed by atoms with Gasteiger partial charge in [-0.25, -0.2) is 0 Å². The first-order valence-electron chi connectivity index (χ1n) is 8.23. The molecule has 0 aliphatic heterocycles. The van der Waals surface area contributed by atoms with Gasteiger partial charge in [-0.2, -0.15) is 0 Å². The molecule has 1 aliphatic carbocycles.